The highest BCUT2D eigenvalue weighted by Gasteiger charge is 2.17. The number of aromatic nitrogens is 2. The topological polar surface area (TPSA) is 75.0 Å². The van der Waals surface area contributed by atoms with Crippen molar-refractivity contribution in [1.29, 1.82) is 0 Å². The molecule has 0 amide bonds. The molecule has 0 aliphatic heterocycles. The quantitative estimate of drug-likeness (QED) is 0.834. The molecule has 90 valence electrons. The second-order valence-electron chi connectivity index (χ2n) is 3.60. The Bertz CT molecular complexity index is 642. The standard InChI is InChI=1S/C11H11BrN2O3/c1-3-17-11(16)9-7(12)6-4-5(2)13-8(6)10(15)14-9/h4,13H,3H2,1-2H3,(H,14,15). The van der Waals surface area contributed by atoms with Crippen molar-refractivity contribution in [3.63, 3.8) is 0 Å². The number of halogens is 1. The van der Waals surface area contributed by atoms with Crippen LogP contribution >= 0.6 is 15.9 Å². The van der Waals surface area contributed by atoms with E-state index in [1.165, 1.54) is 0 Å². The van der Waals surface area contributed by atoms with Gasteiger partial charge in [-0.15, -0.1) is 0 Å². The van der Waals surface area contributed by atoms with Crippen LogP contribution in [0.25, 0.3) is 10.9 Å². The van der Waals surface area contributed by atoms with Gasteiger partial charge >= 0.3 is 5.97 Å². The number of ether oxygens (including phenoxy) is 1. The fourth-order valence-electron chi connectivity index (χ4n) is 1.65. The maximum absolute atomic E-state index is 11.8. The predicted molar refractivity (Wildman–Crippen MR) is 67.3 cm³/mol. The Morgan fingerprint density at radius 2 is 2.18 bits per heavy atom. The first-order valence-electron chi connectivity index (χ1n) is 5.12. The van der Waals surface area contributed by atoms with Gasteiger partial charge in [0.05, 0.1) is 11.1 Å². The van der Waals surface area contributed by atoms with Crippen molar-refractivity contribution in [3.05, 3.63) is 32.3 Å². The Morgan fingerprint density at radius 3 is 2.82 bits per heavy atom. The Balaban J connectivity index is 2.70. The summed E-state index contributed by atoms with van der Waals surface area (Å²) in [6.45, 7) is 3.82. The fraction of sp³-hybridized carbons (Fsp3) is 0.273. The Morgan fingerprint density at radius 1 is 1.47 bits per heavy atom. The summed E-state index contributed by atoms with van der Waals surface area (Å²) in [6.07, 6.45) is 0. The number of aryl methyl sites for hydroxylation is 1. The van der Waals surface area contributed by atoms with E-state index in [1.807, 2.05) is 6.92 Å². The summed E-state index contributed by atoms with van der Waals surface area (Å²) in [5.41, 5.74) is 1.11. The lowest BCUT2D eigenvalue weighted by atomic mass is 10.2. The lowest BCUT2D eigenvalue weighted by Gasteiger charge is -2.04. The minimum atomic E-state index is -0.544. The molecule has 0 atom stereocenters. The molecule has 17 heavy (non-hydrogen) atoms. The number of fused-ring (bicyclic) bond motifs is 1. The van der Waals surface area contributed by atoms with Crippen molar-refractivity contribution < 1.29 is 9.53 Å². The third kappa shape index (κ3) is 2.00. The van der Waals surface area contributed by atoms with Crippen molar-refractivity contribution in [2.45, 2.75) is 13.8 Å². The number of hydrogen-bond donors (Lipinski definition) is 2. The normalized spacial score (nSPS) is 10.8. The summed E-state index contributed by atoms with van der Waals surface area (Å²) in [6, 6.07) is 1.80. The SMILES string of the molecule is CCOC(=O)c1[nH]c(=O)c2[nH]c(C)cc2c1Br. The second-order valence-corrected chi connectivity index (χ2v) is 4.40. The molecule has 2 N–H and O–H groups in total. The van der Waals surface area contributed by atoms with E-state index >= 15 is 0 Å². The maximum Gasteiger partial charge on any atom is 0.356 e. The first kappa shape index (κ1) is 11.9. The Hall–Kier alpha value is -1.56. The monoisotopic (exact) mass is 298 g/mol. The number of carbonyl (C=O) groups is 1. The van der Waals surface area contributed by atoms with E-state index in [0.29, 0.717) is 15.4 Å². The molecular formula is C11H11BrN2O3. The summed E-state index contributed by atoms with van der Waals surface area (Å²) >= 11 is 3.31. The molecule has 0 aliphatic carbocycles. The van der Waals surface area contributed by atoms with E-state index in [2.05, 4.69) is 25.9 Å². The third-order valence-corrected chi connectivity index (χ3v) is 3.18. The molecule has 0 unspecified atom stereocenters. The van der Waals surface area contributed by atoms with Crippen molar-refractivity contribution in [2.24, 2.45) is 0 Å². The minimum absolute atomic E-state index is 0.142. The van der Waals surface area contributed by atoms with Crippen LogP contribution in [-0.2, 0) is 4.74 Å². The van der Waals surface area contributed by atoms with Crippen LogP contribution in [-0.4, -0.2) is 22.5 Å². The zero-order valence-electron chi connectivity index (χ0n) is 9.39. The number of nitrogens with one attached hydrogen (secondary N) is 2. The van der Waals surface area contributed by atoms with Crippen LogP contribution in [0.1, 0.15) is 23.1 Å². The molecule has 0 saturated carbocycles. The van der Waals surface area contributed by atoms with Crippen LogP contribution in [0.2, 0.25) is 0 Å². The summed E-state index contributed by atoms with van der Waals surface area (Å²) < 4.78 is 5.41. The number of pyridine rings is 1. The van der Waals surface area contributed by atoms with Gasteiger partial charge in [0.1, 0.15) is 11.2 Å². The summed E-state index contributed by atoms with van der Waals surface area (Å²) in [7, 11) is 0. The summed E-state index contributed by atoms with van der Waals surface area (Å²) in [4.78, 5) is 28.8. The van der Waals surface area contributed by atoms with Gasteiger partial charge < -0.3 is 14.7 Å². The zero-order valence-corrected chi connectivity index (χ0v) is 11.0. The Kier molecular flexibility index (Phi) is 3.06. The van der Waals surface area contributed by atoms with Crippen LogP contribution in [0.3, 0.4) is 0 Å². The molecule has 0 fully saturated rings. The number of aromatic amines is 2. The van der Waals surface area contributed by atoms with Gasteiger partial charge in [-0.2, -0.15) is 0 Å². The lowest BCUT2D eigenvalue weighted by Crippen LogP contribution is -2.16. The molecule has 2 aromatic rings. The van der Waals surface area contributed by atoms with Crippen LogP contribution in [0.15, 0.2) is 15.3 Å². The van der Waals surface area contributed by atoms with E-state index in [0.717, 1.165) is 5.69 Å². The minimum Gasteiger partial charge on any atom is -0.461 e. The largest absolute Gasteiger partial charge is 0.461 e. The average Bonchev–Trinajstić information content (AvgIpc) is 2.66. The van der Waals surface area contributed by atoms with E-state index < -0.39 is 5.97 Å². The molecule has 5 nitrogen and oxygen atoms in total. The van der Waals surface area contributed by atoms with E-state index in [1.54, 1.807) is 13.0 Å². The molecule has 0 aromatic carbocycles. The molecule has 0 radical (unpaired) electrons. The molecule has 0 aliphatic rings. The number of rotatable bonds is 2. The van der Waals surface area contributed by atoms with Gasteiger partial charge in [0, 0.05) is 11.1 Å². The van der Waals surface area contributed by atoms with Gasteiger partial charge in [0.2, 0.25) is 0 Å². The molecule has 2 aromatic heterocycles. The molecule has 2 heterocycles. The number of hydrogen-bond acceptors (Lipinski definition) is 3. The van der Waals surface area contributed by atoms with Gasteiger partial charge in [0.15, 0.2) is 0 Å². The molecule has 6 heteroatoms. The third-order valence-electron chi connectivity index (χ3n) is 2.35. The second kappa shape index (κ2) is 4.37. The van der Waals surface area contributed by atoms with Gasteiger partial charge in [-0.3, -0.25) is 4.79 Å². The van der Waals surface area contributed by atoms with E-state index in [9.17, 15) is 9.59 Å². The molecule has 2 rings (SSSR count). The Labute approximate surface area is 105 Å². The van der Waals surface area contributed by atoms with Gasteiger partial charge in [-0.1, -0.05) is 0 Å². The fourth-order valence-corrected chi connectivity index (χ4v) is 2.22. The highest BCUT2D eigenvalue weighted by molar-refractivity contribution is 9.10. The van der Waals surface area contributed by atoms with Crippen molar-refractivity contribution in [3.8, 4) is 0 Å². The van der Waals surface area contributed by atoms with Crippen LogP contribution in [0.4, 0.5) is 0 Å². The molecule has 0 spiro atoms. The predicted octanol–water partition coefficient (Wildman–Crippen LogP) is 2.10. The lowest BCUT2D eigenvalue weighted by molar-refractivity contribution is 0.0518. The number of carbonyl (C=O) groups excluding carboxylic acids is 1. The number of H-pyrrole nitrogens is 2. The summed E-state index contributed by atoms with van der Waals surface area (Å²) in [5.74, 6) is -0.544. The van der Waals surface area contributed by atoms with Gasteiger partial charge in [0.25, 0.3) is 5.56 Å². The maximum atomic E-state index is 11.8. The smallest absolute Gasteiger partial charge is 0.356 e. The molecule has 0 bridgehead atoms. The zero-order chi connectivity index (χ0) is 12.6. The first-order chi connectivity index (χ1) is 8.04. The van der Waals surface area contributed by atoms with Crippen LogP contribution < -0.4 is 5.56 Å². The highest BCUT2D eigenvalue weighted by Crippen LogP contribution is 2.25. The highest BCUT2D eigenvalue weighted by atomic mass is 79.9. The van der Waals surface area contributed by atoms with Gasteiger partial charge in [-0.05, 0) is 35.8 Å². The summed E-state index contributed by atoms with van der Waals surface area (Å²) in [5, 5.41) is 0.675. The van der Waals surface area contributed by atoms with E-state index in [4.69, 9.17) is 4.74 Å². The van der Waals surface area contributed by atoms with Crippen molar-refractivity contribution in [2.75, 3.05) is 6.61 Å². The van der Waals surface area contributed by atoms with Crippen LogP contribution in [0.5, 0.6) is 0 Å². The molecule has 0 saturated heterocycles. The van der Waals surface area contributed by atoms with Crippen molar-refractivity contribution in [1.82, 2.24) is 9.97 Å². The first-order valence-corrected chi connectivity index (χ1v) is 5.92. The van der Waals surface area contributed by atoms with Crippen LogP contribution in [0, 0.1) is 6.92 Å². The van der Waals surface area contributed by atoms with E-state index in [-0.39, 0.29) is 17.9 Å². The number of esters is 1. The van der Waals surface area contributed by atoms with Crippen molar-refractivity contribution >= 4 is 32.8 Å². The average molecular weight is 299 g/mol. The van der Waals surface area contributed by atoms with Gasteiger partial charge in [-0.25, -0.2) is 4.79 Å². The molecular weight excluding hydrogens is 288 g/mol.